The molecule has 0 aliphatic rings. The summed E-state index contributed by atoms with van der Waals surface area (Å²) < 4.78 is 38.7. The van der Waals surface area contributed by atoms with E-state index in [1.54, 1.807) is 12.1 Å². The number of benzene rings is 2. The van der Waals surface area contributed by atoms with Crippen LogP contribution in [0.2, 0.25) is 5.02 Å². The predicted octanol–water partition coefficient (Wildman–Crippen LogP) is 5.41. The average molecular weight is 379 g/mol. The summed E-state index contributed by atoms with van der Waals surface area (Å²) in [7, 11) is 0. The largest absolute Gasteiger partial charge is 0.416 e. The molecule has 21 heavy (non-hydrogen) atoms. The lowest BCUT2D eigenvalue weighted by atomic mass is 10.1. The zero-order valence-corrected chi connectivity index (χ0v) is 13.2. The Bertz CT molecular complexity index is 629. The molecule has 0 aliphatic carbocycles. The SMILES string of the molecule is FC(F)(F)c1cccc(CNCc2cc(Br)ccc2Cl)c1. The molecule has 0 saturated carbocycles. The molecule has 0 saturated heterocycles. The highest BCUT2D eigenvalue weighted by molar-refractivity contribution is 9.10. The zero-order valence-electron chi connectivity index (χ0n) is 10.8. The van der Waals surface area contributed by atoms with Gasteiger partial charge in [0.1, 0.15) is 0 Å². The molecule has 112 valence electrons. The summed E-state index contributed by atoms with van der Waals surface area (Å²) in [6, 6.07) is 10.8. The van der Waals surface area contributed by atoms with Crippen molar-refractivity contribution in [3.05, 3.63) is 68.7 Å². The quantitative estimate of drug-likeness (QED) is 0.750. The maximum absolute atomic E-state index is 12.6. The van der Waals surface area contributed by atoms with E-state index in [9.17, 15) is 13.2 Å². The van der Waals surface area contributed by atoms with Crippen LogP contribution >= 0.6 is 27.5 Å². The van der Waals surface area contributed by atoms with Gasteiger partial charge in [0, 0.05) is 22.6 Å². The number of nitrogens with one attached hydrogen (secondary N) is 1. The summed E-state index contributed by atoms with van der Waals surface area (Å²) in [5.41, 5.74) is 0.830. The fourth-order valence-corrected chi connectivity index (χ4v) is 2.47. The second-order valence-corrected chi connectivity index (χ2v) is 5.86. The standard InChI is InChI=1S/C15H12BrClF3N/c16-13-4-5-14(17)11(7-13)9-21-8-10-2-1-3-12(6-10)15(18,19)20/h1-7,21H,8-9H2. The van der Waals surface area contributed by atoms with Gasteiger partial charge in [0.2, 0.25) is 0 Å². The van der Waals surface area contributed by atoms with Crippen molar-refractivity contribution in [2.45, 2.75) is 19.3 Å². The molecule has 0 aromatic heterocycles. The monoisotopic (exact) mass is 377 g/mol. The molecule has 0 radical (unpaired) electrons. The van der Waals surface area contributed by atoms with E-state index in [4.69, 9.17) is 11.6 Å². The molecule has 0 fully saturated rings. The molecule has 0 aliphatic heterocycles. The van der Waals surface area contributed by atoms with Crippen LogP contribution in [0.25, 0.3) is 0 Å². The van der Waals surface area contributed by atoms with Crippen LogP contribution in [0.3, 0.4) is 0 Å². The summed E-state index contributed by atoms with van der Waals surface area (Å²) in [5, 5.41) is 3.71. The summed E-state index contributed by atoms with van der Waals surface area (Å²) in [6.45, 7) is 0.821. The van der Waals surface area contributed by atoms with Gasteiger partial charge in [-0.25, -0.2) is 0 Å². The Morgan fingerprint density at radius 2 is 1.81 bits per heavy atom. The summed E-state index contributed by atoms with van der Waals surface area (Å²) in [4.78, 5) is 0. The summed E-state index contributed by atoms with van der Waals surface area (Å²) >= 11 is 9.41. The van der Waals surface area contributed by atoms with E-state index in [0.29, 0.717) is 23.7 Å². The number of rotatable bonds is 4. The molecule has 6 heteroatoms. The Morgan fingerprint density at radius 3 is 2.52 bits per heavy atom. The van der Waals surface area contributed by atoms with Gasteiger partial charge in [-0.3, -0.25) is 0 Å². The van der Waals surface area contributed by atoms with Gasteiger partial charge in [-0.15, -0.1) is 0 Å². The maximum Gasteiger partial charge on any atom is 0.416 e. The van der Waals surface area contributed by atoms with E-state index in [-0.39, 0.29) is 0 Å². The predicted molar refractivity (Wildman–Crippen MR) is 81.1 cm³/mol. The zero-order chi connectivity index (χ0) is 15.5. The van der Waals surface area contributed by atoms with Crippen molar-refractivity contribution in [2.75, 3.05) is 0 Å². The molecule has 1 N–H and O–H groups in total. The Labute approximate surface area is 134 Å². The van der Waals surface area contributed by atoms with E-state index >= 15 is 0 Å². The third kappa shape index (κ3) is 4.73. The van der Waals surface area contributed by atoms with E-state index in [0.717, 1.165) is 22.2 Å². The molecule has 1 nitrogen and oxygen atoms in total. The van der Waals surface area contributed by atoms with Crippen LogP contribution in [-0.4, -0.2) is 0 Å². The van der Waals surface area contributed by atoms with Crippen molar-refractivity contribution in [3.63, 3.8) is 0 Å². The van der Waals surface area contributed by atoms with Crippen molar-refractivity contribution in [3.8, 4) is 0 Å². The second kappa shape index (κ2) is 6.81. The van der Waals surface area contributed by atoms with E-state index in [1.165, 1.54) is 6.07 Å². The van der Waals surface area contributed by atoms with Crippen molar-refractivity contribution >= 4 is 27.5 Å². The van der Waals surface area contributed by atoms with Crippen LogP contribution in [-0.2, 0) is 19.3 Å². The molecule has 0 spiro atoms. The number of halogens is 5. The topological polar surface area (TPSA) is 12.0 Å². The highest BCUT2D eigenvalue weighted by Crippen LogP contribution is 2.29. The highest BCUT2D eigenvalue weighted by atomic mass is 79.9. The number of alkyl halides is 3. The number of hydrogen-bond donors (Lipinski definition) is 1. The van der Waals surface area contributed by atoms with Crippen molar-refractivity contribution in [1.82, 2.24) is 5.32 Å². The minimum atomic E-state index is -4.32. The fourth-order valence-electron chi connectivity index (χ4n) is 1.88. The molecule has 2 rings (SSSR count). The Hall–Kier alpha value is -1.04. The third-order valence-electron chi connectivity index (χ3n) is 2.91. The van der Waals surface area contributed by atoms with Crippen LogP contribution in [0.5, 0.6) is 0 Å². The van der Waals surface area contributed by atoms with Crippen molar-refractivity contribution in [2.24, 2.45) is 0 Å². The van der Waals surface area contributed by atoms with Gasteiger partial charge in [-0.05, 0) is 35.4 Å². The van der Waals surface area contributed by atoms with E-state index < -0.39 is 11.7 Å². The van der Waals surface area contributed by atoms with Crippen LogP contribution in [0, 0.1) is 0 Å². The Kier molecular flexibility index (Phi) is 5.30. The highest BCUT2D eigenvalue weighted by Gasteiger charge is 2.30. The molecule has 0 heterocycles. The van der Waals surface area contributed by atoms with Gasteiger partial charge in [0.15, 0.2) is 0 Å². The first-order chi connectivity index (χ1) is 9.86. The van der Waals surface area contributed by atoms with Gasteiger partial charge in [-0.1, -0.05) is 45.7 Å². The first kappa shape index (κ1) is 16.3. The summed E-state index contributed by atoms with van der Waals surface area (Å²) in [5.74, 6) is 0. The van der Waals surface area contributed by atoms with Crippen LogP contribution in [0.15, 0.2) is 46.9 Å². The van der Waals surface area contributed by atoms with Crippen LogP contribution in [0.1, 0.15) is 16.7 Å². The Balaban J connectivity index is 1.99. The normalized spacial score (nSPS) is 11.7. The van der Waals surface area contributed by atoms with Gasteiger partial charge in [0.25, 0.3) is 0 Å². The average Bonchev–Trinajstić information content (AvgIpc) is 2.42. The lowest BCUT2D eigenvalue weighted by Gasteiger charge is -2.10. The van der Waals surface area contributed by atoms with E-state index in [1.807, 2.05) is 12.1 Å². The van der Waals surface area contributed by atoms with Crippen molar-refractivity contribution < 1.29 is 13.2 Å². The first-order valence-electron chi connectivity index (χ1n) is 6.17. The van der Waals surface area contributed by atoms with Crippen molar-refractivity contribution in [1.29, 1.82) is 0 Å². The van der Waals surface area contributed by atoms with Gasteiger partial charge < -0.3 is 5.32 Å². The molecule has 0 amide bonds. The smallest absolute Gasteiger partial charge is 0.309 e. The van der Waals surface area contributed by atoms with Crippen LogP contribution < -0.4 is 5.32 Å². The lowest BCUT2D eigenvalue weighted by Crippen LogP contribution is -2.14. The number of hydrogen-bond acceptors (Lipinski definition) is 1. The molecule has 2 aromatic carbocycles. The molecular formula is C15H12BrClF3N. The molecular weight excluding hydrogens is 367 g/mol. The molecule has 0 unspecified atom stereocenters. The van der Waals surface area contributed by atoms with Gasteiger partial charge in [0.05, 0.1) is 5.56 Å². The minimum absolute atomic E-state index is 0.340. The molecule has 0 atom stereocenters. The third-order valence-corrected chi connectivity index (χ3v) is 3.77. The van der Waals surface area contributed by atoms with Gasteiger partial charge >= 0.3 is 6.18 Å². The summed E-state index contributed by atoms with van der Waals surface area (Å²) in [6.07, 6.45) is -4.32. The maximum atomic E-state index is 12.6. The minimum Gasteiger partial charge on any atom is -0.309 e. The van der Waals surface area contributed by atoms with Gasteiger partial charge in [-0.2, -0.15) is 13.2 Å². The molecule has 2 aromatic rings. The van der Waals surface area contributed by atoms with E-state index in [2.05, 4.69) is 21.2 Å². The second-order valence-electron chi connectivity index (χ2n) is 4.54. The van der Waals surface area contributed by atoms with Crippen LogP contribution in [0.4, 0.5) is 13.2 Å². The fraction of sp³-hybridized carbons (Fsp3) is 0.200. The molecule has 0 bridgehead atoms. The lowest BCUT2D eigenvalue weighted by molar-refractivity contribution is -0.137. The Morgan fingerprint density at radius 1 is 1.05 bits per heavy atom. The first-order valence-corrected chi connectivity index (χ1v) is 7.34.